The number of aliphatic hydroxyl groups excluding tert-OH is 2. The van der Waals surface area contributed by atoms with Crippen LogP contribution in [0.25, 0.3) is 0 Å². The molecule has 5 heteroatoms. The molecule has 1 aliphatic carbocycles. The van der Waals surface area contributed by atoms with Gasteiger partial charge in [-0.25, -0.2) is 0 Å². The minimum absolute atomic E-state index is 0.129. The van der Waals surface area contributed by atoms with Crippen LogP contribution in [0.5, 0.6) is 0 Å². The summed E-state index contributed by atoms with van der Waals surface area (Å²) in [4.78, 5) is 23.5. The standard InChI is InChI=1S/C22H38O5/c1-3-5-8-11-17(23)14-15-19-18(20(24)16-21(19)25)12-9-6-7-10-13-22(26)27-4-2/h14-15,17-19,21,23,25H,3-13,16H2,1-2H3/b15-14+/t17-,18+,19+,21+/m0/s1. The van der Waals surface area contributed by atoms with Gasteiger partial charge in [0.25, 0.3) is 0 Å². The molecule has 0 amide bonds. The number of carbonyl (C=O) groups is 2. The van der Waals surface area contributed by atoms with Crippen molar-refractivity contribution in [3.05, 3.63) is 12.2 Å². The van der Waals surface area contributed by atoms with E-state index < -0.39 is 12.2 Å². The van der Waals surface area contributed by atoms with Gasteiger partial charge in [-0.3, -0.25) is 9.59 Å². The van der Waals surface area contributed by atoms with Crippen molar-refractivity contribution in [3.8, 4) is 0 Å². The predicted molar refractivity (Wildman–Crippen MR) is 106 cm³/mol. The zero-order chi connectivity index (χ0) is 20.1. The molecule has 0 bridgehead atoms. The highest BCUT2D eigenvalue weighted by Crippen LogP contribution is 2.34. The maximum Gasteiger partial charge on any atom is 0.305 e. The van der Waals surface area contributed by atoms with Crippen LogP contribution in [0.4, 0.5) is 0 Å². The molecule has 0 spiro atoms. The molecule has 1 fully saturated rings. The smallest absolute Gasteiger partial charge is 0.305 e. The fourth-order valence-corrected chi connectivity index (χ4v) is 3.77. The van der Waals surface area contributed by atoms with E-state index in [1.165, 1.54) is 0 Å². The lowest BCUT2D eigenvalue weighted by molar-refractivity contribution is -0.143. The van der Waals surface area contributed by atoms with Gasteiger partial charge in [-0.2, -0.15) is 0 Å². The number of hydrogen-bond acceptors (Lipinski definition) is 5. The third-order valence-corrected chi connectivity index (χ3v) is 5.34. The molecular weight excluding hydrogens is 344 g/mol. The van der Waals surface area contributed by atoms with Crippen molar-refractivity contribution in [3.63, 3.8) is 0 Å². The first-order chi connectivity index (χ1) is 13.0. The summed E-state index contributed by atoms with van der Waals surface area (Å²) < 4.78 is 4.91. The van der Waals surface area contributed by atoms with Crippen molar-refractivity contribution in [1.82, 2.24) is 0 Å². The number of unbranched alkanes of at least 4 members (excludes halogenated alkanes) is 5. The highest BCUT2D eigenvalue weighted by atomic mass is 16.5. The summed E-state index contributed by atoms with van der Waals surface area (Å²) in [5.41, 5.74) is 0. The molecule has 0 radical (unpaired) electrons. The van der Waals surface area contributed by atoms with Gasteiger partial charge >= 0.3 is 5.97 Å². The number of carbonyl (C=O) groups excluding carboxylic acids is 2. The Labute approximate surface area is 164 Å². The lowest BCUT2D eigenvalue weighted by atomic mass is 9.88. The van der Waals surface area contributed by atoms with Crippen molar-refractivity contribution >= 4 is 11.8 Å². The van der Waals surface area contributed by atoms with E-state index >= 15 is 0 Å². The van der Waals surface area contributed by atoms with Crippen LogP contribution < -0.4 is 0 Å². The molecule has 27 heavy (non-hydrogen) atoms. The lowest BCUT2D eigenvalue weighted by Crippen LogP contribution is -2.19. The minimum atomic E-state index is -0.634. The summed E-state index contributed by atoms with van der Waals surface area (Å²) in [7, 11) is 0. The Balaban J connectivity index is 2.34. The number of rotatable bonds is 14. The first-order valence-corrected chi connectivity index (χ1v) is 10.7. The molecule has 1 saturated carbocycles. The summed E-state index contributed by atoms with van der Waals surface area (Å²) in [6, 6.07) is 0. The van der Waals surface area contributed by atoms with E-state index in [1.54, 1.807) is 13.0 Å². The van der Waals surface area contributed by atoms with Crippen LogP contribution in [-0.4, -0.2) is 40.8 Å². The van der Waals surface area contributed by atoms with E-state index in [2.05, 4.69) is 6.92 Å². The molecular formula is C22H38O5. The van der Waals surface area contributed by atoms with Crippen LogP contribution in [0.2, 0.25) is 0 Å². The third-order valence-electron chi connectivity index (χ3n) is 5.34. The third kappa shape index (κ3) is 9.52. The number of Topliss-reactive ketones (excluding diaryl/α,β-unsaturated/α-hetero) is 1. The average Bonchev–Trinajstić information content (AvgIpc) is 2.89. The summed E-state index contributed by atoms with van der Waals surface area (Å²) in [6.07, 6.45) is 11.5. The van der Waals surface area contributed by atoms with E-state index in [-0.39, 0.29) is 30.0 Å². The Morgan fingerprint density at radius 3 is 2.63 bits per heavy atom. The highest BCUT2D eigenvalue weighted by molar-refractivity contribution is 5.84. The van der Waals surface area contributed by atoms with E-state index in [1.807, 2.05) is 6.08 Å². The molecule has 4 atom stereocenters. The van der Waals surface area contributed by atoms with E-state index in [0.717, 1.165) is 57.8 Å². The molecule has 1 rings (SSSR count). The molecule has 0 aliphatic heterocycles. The molecule has 0 unspecified atom stereocenters. The average molecular weight is 383 g/mol. The zero-order valence-corrected chi connectivity index (χ0v) is 17.1. The lowest BCUT2D eigenvalue weighted by Gasteiger charge is -2.18. The monoisotopic (exact) mass is 382 g/mol. The van der Waals surface area contributed by atoms with Crippen LogP contribution in [-0.2, 0) is 14.3 Å². The summed E-state index contributed by atoms with van der Waals surface area (Å²) in [5.74, 6) is -0.347. The Morgan fingerprint density at radius 2 is 1.93 bits per heavy atom. The quantitative estimate of drug-likeness (QED) is 0.270. The number of ketones is 1. The number of aliphatic hydroxyl groups is 2. The largest absolute Gasteiger partial charge is 0.466 e. The number of ether oxygens (including phenoxy) is 1. The molecule has 1 aliphatic rings. The first kappa shape index (κ1) is 23.8. The fourth-order valence-electron chi connectivity index (χ4n) is 3.77. The van der Waals surface area contributed by atoms with Crippen molar-refractivity contribution < 1.29 is 24.5 Å². The molecule has 0 saturated heterocycles. The van der Waals surface area contributed by atoms with Crippen LogP contribution in [0, 0.1) is 11.8 Å². The van der Waals surface area contributed by atoms with E-state index in [9.17, 15) is 19.8 Å². The molecule has 0 aromatic heterocycles. The maximum atomic E-state index is 12.2. The van der Waals surface area contributed by atoms with Gasteiger partial charge in [-0.05, 0) is 26.2 Å². The van der Waals surface area contributed by atoms with Crippen LogP contribution >= 0.6 is 0 Å². The van der Waals surface area contributed by atoms with Gasteiger partial charge < -0.3 is 14.9 Å². The minimum Gasteiger partial charge on any atom is -0.466 e. The van der Waals surface area contributed by atoms with Gasteiger partial charge in [-0.15, -0.1) is 0 Å². The van der Waals surface area contributed by atoms with Crippen molar-refractivity contribution in [2.45, 2.75) is 96.7 Å². The molecule has 0 aromatic carbocycles. The predicted octanol–water partition coefficient (Wildman–Crippen LogP) is 3.95. The molecule has 0 heterocycles. The Morgan fingerprint density at radius 1 is 1.19 bits per heavy atom. The second-order valence-electron chi connectivity index (χ2n) is 7.63. The van der Waals surface area contributed by atoms with Gasteiger partial charge in [0.15, 0.2) is 0 Å². The summed E-state index contributed by atoms with van der Waals surface area (Å²) >= 11 is 0. The van der Waals surface area contributed by atoms with Crippen LogP contribution in [0.1, 0.15) is 84.5 Å². The second kappa shape index (κ2) is 13.9. The Bertz CT molecular complexity index is 460. The van der Waals surface area contributed by atoms with Crippen LogP contribution in [0.15, 0.2) is 12.2 Å². The van der Waals surface area contributed by atoms with E-state index in [4.69, 9.17) is 4.74 Å². The Kier molecular flexibility index (Phi) is 12.3. The van der Waals surface area contributed by atoms with Gasteiger partial charge in [0.05, 0.1) is 18.8 Å². The van der Waals surface area contributed by atoms with Crippen molar-refractivity contribution in [2.24, 2.45) is 11.8 Å². The first-order valence-electron chi connectivity index (χ1n) is 10.7. The molecule has 5 nitrogen and oxygen atoms in total. The SMILES string of the molecule is CCCCC[C@H](O)/C=C/[C@H]1[C@H](O)CC(=O)[C@@H]1CCCCCCC(=O)OCC. The fraction of sp³-hybridized carbons (Fsp3) is 0.818. The van der Waals surface area contributed by atoms with Crippen molar-refractivity contribution in [2.75, 3.05) is 6.61 Å². The summed E-state index contributed by atoms with van der Waals surface area (Å²) in [5, 5.41) is 20.2. The zero-order valence-electron chi connectivity index (χ0n) is 17.1. The highest BCUT2D eigenvalue weighted by Gasteiger charge is 2.39. The van der Waals surface area contributed by atoms with Gasteiger partial charge in [0.1, 0.15) is 5.78 Å². The van der Waals surface area contributed by atoms with Gasteiger partial charge in [0.2, 0.25) is 0 Å². The van der Waals surface area contributed by atoms with Gasteiger partial charge in [0, 0.05) is 24.7 Å². The number of hydrogen-bond donors (Lipinski definition) is 2. The second-order valence-corrected chi connectivity index (χ2v) is 7.63. The van der Waals surface area contributed by atoms with Crippen LogP contribution in [0.3, 0.4) is 0 Å². The molecule has 2 N–H and O–H groups in total. The van der Waals surface area contributed by atoms with Crippen molar-refractivity contribution in [1.29, 1.82) is 0 Å². The molecule has 156 valence electrons. The summed E-state index contributed by atoms with van der Waals surface area (Å²) in [6.45, 7) is 4.36. The topological polar surface area (TPSA) is 83.8 Å². The van der Waals surface area contributed by atoms with Gasteiger partial charge in [-0.1, -0.05) is 57.6 Å². The van der Waals surface area contributed by atoms with E-state index in [0.29, 0.717) is 13.0 Å². The number of esters is 1. The normalized spacial score (nSPS) is 23.9. The Hall–Kier alpha value is -1.20. The maximum absolute atomic E-state index is 12.2. The molecule has 0 aromatic rings.